The molecule has 0 rings (SSSR count). The monoisotopic (exact) mass is 159 g/mol. The van der Waals surface area contributed by atoms with Gasteiger partial charge in [-0.05, 0) is 14.1 Å². The highest BCUT2D eigenvalue weighted by molar-refractivity contribution is 5.68. The molecule has 0 unspecified atom stereocenters. The molecule has 0 heterocycles. The summed E-state index contributed by atoms with van der Waals surface area (Å²) in [6, 6.07) is 0. The Labute approximate surface area is 69.2 Å². The van der Waals surface area contributed by atoms with E-state index in [9.17, 15) is 4.79 Å². The van der Waals surface area contributed by atoms with E-state index in [0.717, 1.165) is 6.54 Å². The van der Waals surface area contributed by atoms with E-state index >= 15 is 0 Å². The number of hydrogen-bond donors (Lipinski definition) is 0. The van der Waals surface area contributed by atoms with Gasteiger partial charge >= 0.3 is 5.91 Å². The van der Waals surface area contributed by atoms with Crippen LogP contribution in [0.3, 0.4) is 0 Å². The Morgan fingerprint density at radius 3 is 2.00 bits per heavy atom. The van der Waals surface area contributed by atoms with Crippen molar-refractivity contribution in [2.75, 3.05) is 41.8 Å². The lowest BCUT2D eigenvalue weighted by molar-refractivity contribution is -0.792. The number of carbonyl (C=O) groups excluding carboxylic acids is 1. The lowest BCUT2D eigenvalue weighted by Gasteiger charge is -2.21. The van der Waals surface area contributed by atoms with Crippen LogP contribution in [0.2, 0.25) is 0 Å². The Bertz CT molecular complexity index is 136. The fourth-order valence-corrected chi connectivity index (χ4v) is 0.655. The van der Waals surface area contributed by atoms with Crippen molar-refractivity contribution in [3.8, 4) is 0 Å². The molecule has 0 aromatic carbocycles. The van der Waals surface area contributed by atoms with Crippen molar-refractivity contribution in [3.05, 3.63) is 0 Å². The van der Waals surface area contributed by atoms with Crippen LogP contribution < -0.4 is 0 Å². The van der Waals surface area contributed by atoms with E-state index in [4.69, 9.17) is 0 Å². The molecule has 3 heteroatoms. The van der Waals surface area contributed by atoms with Crippen molar-refractivity contribution in [1.29, 1.82) is 0 Å². The Hall–Kier alpha value is -0.410. The van der Waals surface area contributed by atoms with Crippen LogP contribution in [0.4, 0.5) is 0 Å². The molecule has 66 valence electrons. The van der Waals surface area contributed by atoms with Gasteiger partial charge in [0.15, 0.2) is 0 Å². The lowest BCUT2D eigenvalue weighted by atomic mass is 10.3. The molecule has 1 amide bonds. The van der Waals surface area contributed by atoms with Crippen LogP contribution in [0, 0.1) is 0 Å². The highest BCUT2D eigenvalue weighted by atomic mass is 16.2. The van der Waals surface area contributed by atoms with Crippen molar-refractivity contribution in [1.82, 2.24) is 4.90 Å². The Morgan fingerprint density at radius 1 is 1.27 bits per heavy atom. The van der Waals surface area contributed by atoms with Gasteiger partial charge in [-0.15, -0.1) is 0 Å². The molecule has 11 heavy (non-hydrogen) atoms. The zero-order chi connectivity index (χ0) is 9.07. The Kier molecular flexibility index (Phi) is 3.69. The fourth-order valence-electron chi connectivity index (χ4n) is 0.655. The summed E-state index contributed by atoms with van der Waals surface area (Å²) in [5.41, 5.74) is 0. The minimum atomic E-state index is 0.277. The normalized spacial score (nSPS) is 12.2. The first-order valence-corrected chi connectivity index (χ1v) is 3.83. The van der Waals surface area contributed by atoms with Gasteiger partial charge in [0.25, 0.3) is 0 Å². The second kappa shape index (κ2) is 3.83. The van der Waals surface area contributed by atoms with Gasteiger partial charge in [0.2, 0.25) is 0 Å². The summed E-state index contributed by atoms with van der Waals surface area (Å²) in [6.45, 7) is 0.842. The van der Waals surface area contributed by atoms with Gasteiger partial charge in [-0.3, -0.25) is 4.48 Å². The van der Waals surface area contributed by atoms with E-state index in [-0.39, 0.29) is 5.91 Å². The van der Waals surface area contributed by atoms with Gasteiger partial charge in [-0.1, -0.05) is 0 Å². The molecule has 0 fully saturated rings. The predicted molar refractivity (Wildman–Crippen MR) is 46.2 cm³/mol. The number of amides is 1. The molecule has 0 N–H and O–H groups in total. The molecule has 0 aliphatic rings. The number of hydrogen-bond acceptors (Lipinski definition) is 2. The number of rotatable bonds is 3. The van der Waals surface area contributed by atoms with E-state index in [1.54, 1.807) is 0 Å². The SMILES string of the molecule is CN(C)CCC(=O)[N+](C)(C)C. The van der Waals surface area contributed by atoms with Crippen molar-refractivity contribution in [2.24, 2.45) is 0 Å². The molecular formula is C8H19N2O+. The summed E-state index contributed by atoms with van der Waals surface area (Å²) in [6.07, 6.45) is 0.635. The molecule has 0 spiro atoms. The summed E-state index contributed by atoms with van der Waals surface area (Å²) in [7, 11) is 9.65. The van der Waals surface area contributed by atoms with Crippen molar-refractivity contribution < 1.29 is 9.28 Å². The molecule has 0 radical (unpaired) electrons. The van der Waals surface area contributed by atoms with Gasteiger partial charge in [0.05, 0.1) is 27.6 Å². The third-order valence-electron chi connectivity index (χ3n) is 1.52. The highest BCUT2D eigenvalue weighted by Crippen LogP contribution is 1.96. The van der Waals surface area contributed by atoms with Crippen LogP contribution in [0.25, 0.3) is 0 Å². The average molecular weight is 159 g/mol. The van der Waals surface area contributed by atoms with Crippen LogP contribution in [-0.4, -0.2) is 57.1 Å². The lowest BCUT2D eigenvalue weighted by Crippen LogP contribution is -2.42. The quantitative estimate of drug-likeness (QED) is 0.547. The average Bonchev–Trinajstić information content (AvgIpc) is 1.80. The maximum atomic E-state index is 11.3. The van der Waals surface area contributed by atoms with Crippen molar-refractivity contribution in [2.45, 2.75) is 6.42 Å². The molecule has 3 nitrogen and oxygen atoms in total. The standard InChI is InChI=1S/C8H19N2O/c1-9(2)7-6-8(11)10(3,4)5/h6-7H2,1-5H3/q+1. The minimum absolute atomic E-state index is 0.277. The van der Waals surface area contributed by atoms with Gasteiger partial charge in [-0.2, -0.15) is 0 Å². The predicted octanol–water partition coefficient (Wildman–Crippen LogP) is 0.171. The third-order valence-corrected chi connectivity index (χ3v) is 1.52. The minimum Gasteiger partial charge on any atom is -0.309 e. The molecule has 0 aromatic rings. The van der Waals surface area contributed by atoms with E-state index in [1.807, 2.05) is 40.1 Å². The molecule has 0 aliphatic carbocycles. The largest absolute Gasteiger partial charge is 0.314 e. The van der Waals surface area contributed by atoms with Crippen LogP contribution in [0.15, 0.2) is 0 Å². The Balaban J connectivity index is 3.71. The summed E-state index contributed by atoms with van der Waals surface area (Å²) in [4.78, 5) is 13.3. The molecule has 0 aromatic heterocycles. The van der Waals surface area contributed by atoms with Crippen LogP contribution in [-0.2, 0) is 4.79 Å². The second-order valence-corrected chi connectivity index (χ2v) is 3.96. The van der Waals surface area contributed by atoms with Crippen LogP contribution in [0.5, 0.6) is 0 Å². The Morgan fingerprint density at radius 2 is 1.73 bits per heavy atom. The highest BCUT2D eigenvalue weighted by Gasteiger charge is 2.19. The second-order valence-electron chi connectivity index (χ2n) is 3.96. The summed E-state index contributed by atoms with van der Waals surface area (Å²) >= 11 is 0. The first-order valence-electron chi connectivity index (χ1n) is 3.83. The topological polar surface area (TPSA) is 20.3 Å². The maximum Gasteiger partial charge on any atom is 0.314 e. The van der Waals surface area contributed by atoms with Gasteiger partial charge < -0.3 is 4.90 Å². The number of nitrogens with zero attached hydrogens (tertiary/aromatic N) is 2. The molecule has 0 aliphatic heterocycles. The zero-order valence-corrected chi connectivity index (χ0v) is 8.22. The first kappa shape index (κ1) is 10.6. The van der Waals surface area contributed by atoms with Gasteiger partial charge in [0.1, 0.15) is 0 Å². The number of quaternary nitrogens is 1. The fraction of sp³-hybridized carbons (Fsp3) is 0.875. The molecule has 0 bridgehead atoms. The van der Waals surface area contributed by atoms with E-state index < -0.39 is 0 Å². The third kappa shape index (κ3) is 4.93. The first-order chi connectivity index (χ1) is 4.84. The smallest absolute Gasteiger partial charge is 0.309 e. The van der Waals surface area contributed by atoms with Gasteiger partial charge in [-0.25, -0.2) is 4.79 Å². The van der Waals surface area contributed by atoms with Crippen LogP contribution in [0.1, 0.15) is 6.42 Å². The zero-order valence-electron chi connectivity index (χ0n) is 8.22. The molecule has 0 saturated heterocycles. The number of carbonyl (C=O) groups is 1. The van der Waals surface area contributed by atoms with Crippen molar-refractivity contribution >= 4 is 5.91 Å². The summed E-state index contributed by atoms with van der Waals surface area (Å²) in [5.74, 6) is 0.277. The van der Waals surface area contributed by atoms with Crippen molar-refractivity contribution in [3.63, 3.8) is 0 Å². The van der Waals surface area contributed by atoms with E-state index in [2.05, 4.69) is 0 Å². The van der Waals surface area contributed by atoms with E-state index in [0.29, 0.717) is 10.9 Å². The summed E-state index contributed by atoms with van der Waals surface area (Å²) in [5, 5.41) is 0. The molecular weight excluding hydrogens is 140 g/mol. The maximum absolute atomic E-state index is 11.3. The molecule has 0 atom stereocenters. The molecule has 0 saturated carbocycles. The van der Waals surface area contributed by atoms with Gasteiger partial charge in [0, 0.05) is 6.54 Å². The summed E-state index contributed by atoms with van der Waals surface area (Å²) < 4.78 is 0.424. The van der Waals surface area contributed by atoms with Crippen LogP contribution >= 0.6 is 0 Å². The van der Waals surface area contributed by atoms with E-state index in [1.165, 1.54) is 0 Å².